The van der Waals surface area contributed by atoms with Gasteiger partial charge in [0.05, 0.1) is 5.69 Å². The Kier molecular flexibility index (Phi) is 4.13. The summed E-state index contributed by atoms with van der Waals surface area (Å²) in [6.07, 6.45) is 0. The monoisotopic (exact) mass is 323 g/mol. The fraction of sp³-hybridized carbons (Fsp3) is 0. The van der Waals surface area contributed by atoms with Crippen molar-refractivity contribution in [1.82, 2.24) is 0 Å². The first kappa shape index (κ1) is 13.5. The molecule has 0 aliphatic rings. The molecule has 0 unspecified atom stereocenters. The fourth-order valence-electron chi connectivity index (χ4n) is 1.50. The normalized spacial score (nSPS) is 10.1. The van der Waals surface area contributed by atoms with Gasteiger partial charge >= 0.3 is 0 Å². The summed E-state index contributed by atoms with van der Waals surface area (Å²) in [6.45, 7) is 0. The number of benzene rings is 2. The number of hydrogen-bond acceptors (Lipinski definition) is 3. The number of carbonyl (C=O) groups excluding carboxylic acids is 1. The number of amides is 1. The summed E-state index contributed by atoms with van der Waals surface area (Å²) in [5, 5.41) is 2.69. The largest absolute Gasteiger partial charge is 0.324 e. The minimum atomic E-state index is -0.372. The van der Waals surface area contributed by atoms with Gasteiger partial charge in [0.25, 0.3) is 5.91 Å². The molecule has 1 amide bonds. The number of nitrogens with two attached hydrogens (primary N) is 1. The Labute approximate surface area is 117 Å². The van der Waals surface area contributed by atoms with Crippen molar-refractivity contribution < 1.29 is 9.18 Å². The maximum Gasteiger partial charge on any atom is 0.255 e. The Balaban J connectivity index is 2.15. The van der Waals surface area contributed by atoms with Gasteiger partial charge in [-0.3, -0.25) is 10.6 Å². The maximum atomic E-state index is 12.9. The predicted octanol–water partition coefficient (Wildman–Crippen LogP) is 3.13. The summed E-state index contributed by atoms with van der Waals surface area (Å²) in [7, 11) is 0. The lowest BCUT2D eigenvalue weighted by Gasteiger charge is -2.08. The van der Waals surface area contributed by atoms with Crippen molar-refractivity contribution in [2.45, 2.75) is 0 Å². The zero-order valence-electron chi connectivity index (χ0n) is 9.78. The molecule has 0 fully saturated rings. The van der Waals surface area contributed by atoms with Crippen LogP contribution in [-0.2, 0) is 0 Å². The Hall–Kier alpha value is -1.92. The van der Waals surface area contributed by atoms with Crippen LogP contribution in [-0.4, -0.2) is 5.91 Å². The van der Waals surface area contributed by atoms with Gasteiger partial charge in [0, 0.05) is 15.7 Å². The molecule has 2 aromatic carbocycles. The number of rotatable bonds is 3. The number of nitrogens with one attached hydrogen (secondary N) is 2. The van der Waals surface area contributed by atoms with Gasteiger partial charge in [-0.05, 0) is 58.4 Å². The highest BCUT2D eigenvalue weighted by Gasteiger charge is 2.08. The second kappa shape index (κ2) is 5.81. The summed E-state index contributed by atoms with van der Waals surface area (Å²) in [6, 6.07) is 10.7. The van der Waals surface area contributed by atoms with Crippen LogP contribution in [0, 0.1) is 5.82 Å². The summed E-state index contributed by atoms with van der Waals surface area (Å²) in [5.41, 5.74) is 4.17. The molecule has 4 nitrogen and oxygen atoms in total. The van der Waals surface area contributed by atoms with Crippen molar-refractivity contribution in [1.29, 1.82) is 0 Å². The van der Waals surface area contributed by atoms with Crippen LogP contribution in [0.1, 0.15) is 10.4 Å². The van der Waals surface area contributed by atoms with Gasteiger partial charge in [0.1, 0.15) is 5.82 Å². The molecule has 2 aromatic rings. The summed E-state index contributed by atoms with van der Waals surface area (Å²) in [4.78, 5) is 12.0. The Morgan fingerprint density at radius 1 is 1.16 bits per heavy atom. The van der Waals surface area contributed by atoms with Crippen molar-refractivity contribution in [2.24, 2.45) is 5.84 Å². The first-order chi connectivity index (χ1) is 9.10. The van der Waals surface area contributed by atoms with Gasteiger partial charge < -0.3 is 10.7 Å². The van der Waals surface area contributed by atoms with E-state index >= 15 is 0 Å². The highest BCUT2D eigenvalue weighted by Crippen LogP contribution is 2.23. The molecule has 19 heavy (non-hydrogen) atoms. The third kappa shape index (κ3) is 3.30. The third-order valence-electron chi connectivity index (χ3n) is 2.49. The molecule has 0 atom stereocenters. The molecule has 0 aromatic heterocycles. The van der Waals surface area contributed by atoms with E-state index in [1.165, 1.54) is 18.2 Å². The molecule has 0 spiro atoms. The van der Waals surface area contributed by atoms with E-state index in [0.29, 0.717) is 21.4 Å². The number of carbonyl (C=O) groups is 1. The van der Waals surface area contributed by atoms with Crippen LogP contribution in [0.25, 0.3) is 0 Å². The lowest BCUT2D eigenvalue weighted by Crippen LogP contribution is -2.13. The molecule has 2 rings (SSSR count). The quantitative estimate of drug-likeness (QED) is 0.600. The van der Waals surface area contributed by atoms with E-state index in [4.69, 9.17) is 5.84 Å². The second-order valence-corrected chi connectivity index (χ2v) is 4.65. The van der Waals surface area contributed by atoms with Gasteiger partial charge in [-0.25, -0.2) is 4.39 Å². The number of anilines is 2. The number of hydrazine groups is 1. The molecule has 0 saturated heterocycles. The molecule has 6 heteroatoms. The van der Waals surface area contributed by atoms with Gasteiger partial charge in [-0.1, -0.05) is 0 Å². The molecule has 0 aliphatic heterocycles. The van der Waals surface area contributed by atoms with Gasteiger partial charge in [-0.2, -0.15) is 0 Å². The average Bonchev–Trinajstić information content (AvgIpc) is 2.42. The van der Waals surface area contributed by atoms with E-state index in [0.717, 1.165) is 0 Å². The molecule has 0 bridgehead atoms. The first-order valence-corrected chi connectivity index (χ1v) is 6.22. The number of halogens is 2. The summed E-state index contributed by atoms with van der Waals surface area (Å²) < 4.78 is 13.4. The molecular formula is C13H11BrFN3O. The van der Waals surface area contributed by atoms with Crippen LogP contribution in [0.2, 0.25) is 0 Å². The van der Waals surface area contributed by atoms with E-state index in [1.807, 2.05) is 0 Å². The minimum Gasteiger partial charge on any atom is -0.324 e. The lowest BCUT2D eigenvalue weighted by molar-refractivity contribution is 0.102. The van der Waals surface area contributed by atoms with Crippen LogP contribution in [0.3, 0.4) is 0 Å². The lowest BCUT2D eigenvalue weighted by atomic mass is 10.2. The number of hydrogen-bond donors (Lipinski definition) is 3. The Morgan fingerprint density at radius 3 is 2.42 bits per heavy atom. The summed E-state index contributed by atoms with van der Waals surface area (Å²) in [5.74, 6) is 4.59. The van der Waals surface area contributed by atoms with E-state index in [1.54, 1.807) is 24.3 Å². The SMILES string of the molecule is NNc1ccc(C(=O)Nc2ccc(F)cc2Br)cc1. The van der Waals surface area contributed by atoms with E-state index in [2.05, 4.69) is 26.7 Å². The topological polar surface area (TPSA) is 67.1 Å². The second-order valence-electron chi connectivity index (χ2n) is 3.80. The zero-order chi connectivity index (χ0) is 13.8. The van der Waals surface area contributed by atoms with Crippen molar-refractivity contribution in [3.63, 3.8) is 0 Å². The van der Waals surface area contributed by atoms with Gasteiger partial charge in [0.2, 0.25) is 0 Å². The van der Waals surface area contributed by atoms with Crippen LogP contribution in [0.4, 0.5) is 15.8 Å². The Bertz CT molecular complexity index is 601. The smallest absolute Gasteiger partial charge is 0.255 e. The van der Waals surface area contributed by atoms with E-state index in [9.17, 15) is 9.18 Å². The molecule has 98 valence electrons. The zero-order valence-corrected chi connectivity index (χ0v) is 11.4. The highest BCUT2D eigenvalue weighted by molar-refractivity contribution is 9.10. The molecular weight excluding hydrogens is 313 g/mol. The minimum absolute atomic E-state index is 0.282. The van der Waals surface area contributed by atoms with Crippen molar-refractivity contribution in [3.05, 3.63) is 58.3 Å². The number of nitrogen functional groups attached to an aromatic ring is 1. The molecule has 0 radical (unpaired) electrons. The molecule has 0 aliphatic carbocycles. The first-order valence-electron chi connectivity index (χ1n) is 5.43. The molecule has 0 saturated carbocycles. The third-order valence-corrected chi connectivity index (χ3v) is 3.15. The van der Waals surface area contributed by atoms with Crippen LogP contribution >= 0.6 is 15.9 Å². The van der Waals surface area contributed by atoms with Crippen LogP contribution in [0.5, 0.6) is 0 Å². The van der Waals surface area contributed by atoms with Gasteiger partial charge in [0.15, 0.2) is 0 Å². The van der Waals surface area contributed by atoms with Crippen molar-refractivity contribution in [3.8, 4) is 0 Å². The maximum absolute atomic E-state index is 12.9. The van der Waals surface area contributed by atoms with Gasteiger partial charge in [-0.15, -0.1) is 0 Å². The molecule has 4 N–H and O–H groups in total. The van der Waals surface area contributed by atoms with Crippen molar-refractivity contribution in [2.75, 3.05) is 10.7 Å². The fourth-order valence-corrected chi connectivity index (χ4v) is 1.95. The van der Waals surface area contributed by atoms with E-state index < -0.39 is 0 Å². The van der Waals surface area contributed by atoms with Crippen LogP contribution in [0.15, 0.2) is 46.9 Å². The van der Waals surface area contributed by atoms with E-state index in [-0.39, 0.29) is 11.7 Å². The van der Waals surface area contributed by atoms with Crippen LogP contribution < -0.4 is 16.6 Å². The summed E-state index contributed by atoms with van der Waals surface area (Å²) >= 11 is 3.19. The highest BCUT2D eigenvalue weighted by atomic mass is 79.9. The standard InChI is InChI=1S/C13H11BrFN3O/c14-11-7-9(15)3-6-12(11)17-13(19)8-1-4-10(18-16)5-2-8/h1-7,18H,16H2,(H,17,19). The predicted molar refractivity (Wildman–Crippen MR) is 76.3 cm³/mol. The average molecular weight is 324 g/mol. The molecule has 0 heterocycles. The Morgan fingerprint density at radius 2 is 1.84 bits per heavy atom. The van der Waals surface area contributed by atoms with Crippen molar-refractivity contribution >= 4 is 33.2 Å².